The quantitative estimate of drug-likeness (QED) is 0.737. The van der Waals surface area contributed by atoms with Crippen molar-refractivity contribution in [3.8, 4) is 11.1 Å². The lowest BCUT2D eigenvalue weighted by atomic mass is 10.1. The number of rotatable bonds is 1. The van der Waals surface area contributed by atoms with E-state index in [-0.39, 0.29) is 5.56 Å². The van der Waals surface area contributed by atoms with Crippen molar-refractivity contribution in [3.63, 3.8) is 0 Å². The van der Waals surface area contributed by atoms with Gasteiger partial charge in [-0.1, -0.05) is 6.07 Å². The minimum absolute atomic E-state index is 0.0739. The highest BCUT2D eigenvalue weighted by Crippen LogP contribution is 2.18. The summed E-state index contributed by atoms with van der Waals surface area (Å²) >= 11 is 0. The number of nitrogens with one attached hydrogen (secondary N) is 1. The SMILES string of the molecule is Cc1[nH]c(=O)ccc1-c1cccnc1. The van der Waals surface area contributed by atoms with Crippen LogP contribution in [0, 0.1) is 6.92 Å². The van der Waals surface area contributed by atoms with Gasteiger partial charge in [0.05, 0.1) is 0 Å². The zero-order valence-corrected chi connectivity index (χ0v) is 7.82. The molecule has 0 spiro atoms. The molecule has 0 fully saturated rings. The first kappa shape index (κ1) is 8.69. The second-order valence-corrected chi connectivity index (χ2v) is 3.10. The maximum absolute atomic E-state index is 11.0. The van der Waals surface area contributed by atoms with Gasteiger partial charge in [0.2, 0.25) is 5.56 Å². The number of aromatic amines is 1. The molecule has 70 valence electrons. The minimum Gasteiger partial charge on any atom is -0.326 e. The Bertz CT molecular complexity index is 488. The Balaban J connectivity index is 2.58. The molecule has 3 nitrogen and oxygen atoms in total. The first-order chi connectivity index (χ1) is 6.77. The number of H-pyrrole nitrogens is 1. The van der Waals surface area contributed by atoms with E-state index in [2.05, 4.69) is 9.97 Å². The van der Waals surface area contributed by atoms with Gasteiger partial charge in [0.1, 0.15) is 0 Å². The Hall–Kier alpha value is -1.90. The number of pyridine rings is 2. The van der Waals surface area contributed by atoms with Crippen LogP contribution >= 0.6 is 0 Å². The highest BCUT2D eigenvalue weighted by atomic mass is 16.1. The normalized spacial score (nSPS) is 10.1. The van der Waals surface area contributed by atoms with E-state index >= 15 is 0 Å². The summed E-state index contributed by atoms with van der Waals surface area (Å²) in [6.07, 6.45) is 3.51. The number of nitrogens with zero attached hydrogens (tertiary/aromatic N) is 1. The third kappa shape index (κ3) is 1.57. The maximum Gasteiger partial charge on any atom is 0.248 e. The van der Waals surface area contributed by atoms with Gasteiger partial charge in [-0.15, -0.1) is 0 Å². The fraction of sp³-hybridized carbons (Fsp3) is 0.0909. The summed E-state index contributed by atoms with van der Waals surface area (Å²) in [6, 6.07) is 7.17. The summed E-state index contributed by atoms with van der Waals surface area (Å²) in [5, 5.41) is 0. The molecule has 0 aliphatic rings. The molecule has 2 aromatic heterocycles. The van der Waals surface area contributed by atoms with Crippen molar-refractivity contribution in [1.29, 1.82) is 0 Å². The van der Waals surface area contributed by atoms with Gasteiger partial charge in [0.25, 0.3) is 0 Å². The lowest BCUT2D eigenvalue weighted by molar-refractivity contribution is 1.14. The van der Waals surface area contributed by atoms with Crippen LogP contribution in [0.5, 0.6) is 0 Å². The van der Waals surface area contributed by atoms with Crippen LogP contribution in [-0.4, -0.2) is 9.97 Å². The summed E-state index contributed by atoms with van der Waals surface area (Å²) < 4.78 is 0. The van der Waals surface area contributed by atoms with Crippen LogP contribution in [0.1, 0.15) is 5.69 Å². The zero-order valence-electron chi connectivity index (χ0n) is 7.82. The fourth-order valence-electron chi connectivity index (χ4n) is 1.41. The Morgan fingerprint density at radius 3 is 2.79 bits per heavy atom. The first-order valence-electron chi connectivity index (χ1n) is 4.38. The van der Waals surface area contributed by atoms with Crippen LogP contribution in [0.2, 0.25) is 0 Å². The summed E-state index contributed by atoms with van der Waals surface area (Å²) in [6.45, 7) is 1.88. The molecule has 0 aliphatic carbocycles. The molecule has 0 radical (unpaired) electrons. The van der Waals surface area contributed by atoms with Gasteiger partial charge in [0, 0.05) is 35.3 Å². The molecule has 0 unspecified atom stereocenters. The average molecular weight is 186 g/mol. The van der Waals surface area contributed by atoms with Crippen molar-refractivity contribution >= 4 is 0 Å². The van der Waals surface area contributed by atoms with Crippen LogP contribution in [0.3, 0.4) is 0 Å². The van der Waals surface area contributed by atoms with E-state index in [9.17, 15) is 4.79 Å². The Labute approximate surface area is 81.5 Å². The highest BCUT2D eigenvalue weighted by Gasteiger charge is 2.00. The Kier molecular flexibility index (Phi) is 2.14. The highest BCUT2D eigenvalue weighted by molar-refractivity contribution is 5.64. The van der Waals surface area contributed by atoms with Gasteiger partial charge in [0.15, 0.2) is 0 Å². The van der Waals surface area contributed by atoms with E-state index < -0.39 is 0 Å². The Morgan fingerprint density at radius 2 is 2.14 bits per heavy atom. The van der Waals surface area contributed by atoms with Gasteiger partial charge in [-0.3, -0.25) is 9.78 Å². The lowest BCUT2D eigenvalue weighted by Gasteiger charge is -2.03. The van der Waals surface area contributed by atoms with Crippen LogP contribution in [0.4, 0.5) is 0 Å². The Morgan fingerprint density at radius 1 is 1.29 bits per heavy atom. The standard InChI is InChI=1S/C11H10N2O/c1-8-10(4-5-11(14)13-8)9-3-2-6-12-7-9/h2-7H,1H3,(H,13,14). The van der Waals surface area contributed by atoms with Crippen molar-refractivity contribution in [2.45, 2.75) is 6.92 Å². The van der Waals surface area contributed by atoms with Gasteiger partial charge in [-0.05, 0) is 19.1 Å². The van der Waals surface area contributed by atoms with Crippen LogP contribution in [-0.2, 0) is 0 Å². The molecule has 0 aromatic carbocycles. The largest absolute Gasteiger partial charge is 0.326 e. The third-order valence-corrected chi connectivity index (χ3v) is 2.09. The topological polar surface area (TPSA) is 45.8 Å². The molecule has 2 rings (SSSR count). The van der Waals surface area contributed by atoms with E-state index in [1.807, 2.05) is 25.1 Å². The van der Waals surface area contributed by atoms with Crippen LogP contribution < -0.4 is 5.56 Å². The molecule has 0 saturated carbocycles. The van der Waals surface area contributed by atoms with Crippen LogP contribution in [0.15, 0.2) is 41.5 Å². The lowest BCUT2D eigenvalue weighted by Crippen LogP contribution is -2.05. The van der Waals surface area contributed by atoms with Crippen molar-refractivity contribution < 1.29 is 0 Å². The molecular weight excluding hydrogens is 176 g/mol. The van der Waals surface area contributed by atoms with E-state index in [1.165, 1.54) is 6.07 Å². The fourth-order valence-corrected chi connectivity index (χ4v) is 1.41. The minimum atomic E-state index is -0.0739. The molecule has 0 bridgehead atoms. The number of hydrogen-bond donors (Lipinski definition) is 1. The number of aryl methyl sites for hydroxylation is 1. The molecule has 14 heavy (non-hydrogen) atoms. The first-order valence-corrected chi connectivity index (χ1v) is 4.38. The molecule has 2 heterocycles. The van der Waals surface area contributed by atoms with Crippen molar-refractivity contribution in [1.82, 2.24) is 9.97 Å². The van der Waals surface area contributed by atoms with Gasteiger partial charge >= 0.3 is 0 Å². The van der Waals surface area contributed by atoms with Crippen molar-refractivity contribution in [2.24, 2.45) is 0 Å². The molecular formula is C11H10N2O. The van der Waals surface area contributed by atoms with Crippen molar-refractivity contribution in [2.75, 3.05) is 0 Å². The second-order valence-electron chi connectivity index (χ2n) is 3.10. The van der Waals surface area contributed by atoms with Crippen molar-refractivity contribution in [3.05, 3.63) is 52.7 Å². The van der Waals surface area contributed by atoms with E-state index in [0.29, 0.717) is 0 Å². The van der Waals surface area contributed by atoms with Gasteiger partial charge in [-0.25, -0.2) is 0 Å². The zero-order chi connectivity index (χ0) is 9.97. The molecule has 1 N–H and O–H groups in total. The monoisotopic (exact) mass is 186 g/mol. The summed E-state index contributed by atoms with van der Waals surface area (Å²) in [7, 11) is 0. The molecule has 0 aliphatic heterocycles. The average Bonchev–Trinajstić information content (AvgIpc) is 2.19. The molecule has 0 atom stereocenters. The van der Waals surface area contributed by atoms with Crippen LogP contribution in [0.25, 0.3) is 11.1 Å². The smallest absolute Gasteiger partial charge is 0.248 e. The summed E-state index contributed by atoms with van der Waals surface area (Å²) in [5.41, 5.74) is 2.82. The molecule has 3 heteroatoms. The number of aromatic nitrogens is 2. The molecule has 2 aromatic rings. The van der Waals surface area contributed by atoms with Gasteiger partial charge < -0.3 is 4.98 Å². The third-order valence-electron chi connectivity index (χ3n) is 2.09. The second kappa shape index (κ2) is 3.46. The predicted octanol–water partition coefficient (Wildman–Crippen LogP) is 1.75. The predicted molar refractivity (Wildman–Crippen MR) is 55.0 cm³/mol. The summed E-state index contributed by atoms with van der Waals surface area (Å²) in [5.74, 6) is 0. The maximum atomic E-state index is 11.0. The van der Waals surface area contributed by atoms with Gasteiger partial charge in [-0.2, -0.15) is 0 Å². The van der Waals surface area contributed by atoms with E-state index in [4.69, 9.17) is 0 Å². The van der Waals surface area contributed by atoms with E-state index in [0.717, 1.165) is 16.8 Å². The molecule has 0 amide bonds. The summed E-state index contributed by atoms with van der Waals surface area (Å²) in [4.78, 5) is 17.8. The molecule has 0 saturated heterocycles. The van der Waals surface area contributed by atoms with E-state index in [1.54, 1.807) is 12.4 Å². The number of hydrogen-bond acceptors (Lipinski definition) is 2.